The Balaban J connectivity index is 2.14. The number of rotatable bonds is 8. The predicted octanol–water partition coefficient (Wildman–Crippen LogP) is 0.976. The Kier molecular flexibility index (Phi) is 5.49. The van der Waals surface area contributed by atoms with Gasteiger partial charge in [-0.1, -0.05) is 12.1 Å². The molecule has 2 N–H and O–H groups in total. The van der Waals surface area contributed by atoms with E-state index < -0.39 is 5.97 Å². The topological polar surface area (TPSA) is 88.2 Å². The lowest BCUT2D eigenvalue weighted by molar-refractivity contribution is -0.137. The second-order valence-corrected chi connectivity index (χ2v) is 3.53. The van der Waals surface area contributed by atoms with Crippen LogP contribution in [0.25, 0.3) is 0 Å². The molecule has 0 aliphatic heterocycles. The number of aryl methyl sites for hydroxylation is 1. The van der Waals surface area contributed by atoms with Crippen LogP contribution in [0.2, 0.25) is 0 Å². The van der Waals surface area contributed by atoms with E-state index in [4.69, 9.17) is 9.63 Å². The van der Waals surface area contributed by atoms with Gasteiger partial charge in [0.2, 0.25) is 5.89 Å². The third-order valence-corrected chi connectivity index (χ3v) is 2.00. The molecule has 0 amide bonds. The van der Waals surface area contributed by atoms with Crippen LogP contribution >= 0.6 is 0 Å². The van der Waals surface area contributed by atoms with Gasteiger partial charge in [-0.2, -0.15) is 4.98 Å². The molecule has 6 heteroatoms. The summed E-state index contributed by atoms with van der Waals surface area (Å²) >= 11 is 0. The maximum atomic E-state index is 10.2. The zero-order chi connectivity index (χ0) is 11.8. The van der Waals surface area contributed by atoms with Gasteiger partial charge >= 0.3 is 5.97 Å². The molecule has 0 spiro atoms. The minimum absolute atomic E-state index is 0.181. The lowest BCUT2D eigenvalue weighted by Crippen LogP contribution is -2.16. The molecule has 90 valence electrons. The van der Waals surface area contributed by atoms with Gasteiger partial charge in [0.15, 0.2) is 5.82 Å². The fourth-order valence-electron chi connectivity index (χ4n) is 1.24. The van der Waals surface area contributed by atoms with Gasteiger partial charge < -0.3 is 14.9 Å². The lowest BCUT2D eigenvalue weighted by atomic mass is 10.3. The summed E-state index contributed by atoms with van der Waals surface area (Å²) < 4.78 is 5.01. The molecule has 0 fully saturated rings. The third kappa shape index (κ3) is 4.88. The summed E-state index contributed by atoms with van der Waals surface area (Å²) in [5, 5.41) is 15.3. The van der Waals surface area contributed by atoms with Crippen molar-refractivity contribution in [1.29, 1.82) is 0 Å². The van der Waals surface area contributed by atoms with E-state index in [0.29, 0.717) is 31.2 Å². The van der Waals surface area contributed by atoms with Crippen molar-refractivity contribution in [2.75, 3.05) is 6.54 Å². The van der Waals surface area contributed by atoms with Crippen molar-refractivity contribution < 1.29 is 14.4 Å². The van der Waals surface area contributed by atoms with E-state index in [2.05, 4.69) is 15.5 Å². The Morgan fingerprint density at radius 1 is 1.56 bits per heavy atom. The zero-order valence-electron chi connectivity index (χ0n) is 9.40. The molecule has 16 heavy (non-hydrogen) atoms. The number of aliphatic carboxylic acids is 1. The number of carboxylic acid groups (broad SMARTS) is 1. The highest BCUT2D eigenvalue weighted by atomic mass is 16.5. The van der Waals surface area contributed by atoms with Crippen LogP contribution in [-0.4, -0.2) is 27.8 Å². The Hall–Kier alpha value is -1.43. The summed E-state index contributed by atoms with van der Waals surface area (Å²) in [5.74, 6) is 0.509. The van der Waals surface area contributed by atoms with Crippen LogP contribution in [0, 0.1) is 0 Å². The highest BCUT2D eigenvalue weighted by Crippen LogP contribution is 2.00. The molecule has 1 rings (SSSR count). The lowest BCUT2D eigenvalue weighted by Gasteiger charge is -1.98. The molecule has 0 saturated heterocycles. The first-order chi connectivity index (χ1) is 7.72. The molecule has 0 aliphatic rings. The highest BCUT2D eigenvalue weighted by Gasteiger charge is 2.04. The normalized spacial score (nSPS) is 10.6. The van der Waals surface area contributed by atoms with Gasteiger partial charge in [0.25, 0.3) is 0 Å². The average Bonchev–Trinajstić information content (AvgIpc) is 2.65. The van der Waals surface area contributed by atoms with E-state index in [-0.39, 0.29) is 6.42 Å². The van der Waals surface area contributed by atoms with Crippen molar-refractivity contribution in [1.82, 2.24) is 15.5 Å². The van der Waals surface area contributed by atoms with E-state index >= 15 is 0 Å². The molecule has 0 radical (unpaired) electrons. The van der Waals surface area contributed by atoms with Crippen LogP contribution in [0.3, 0.4) is 0 Å². The second-order valence-electron chi connectivity index (χ2n) is 3.53. The molecule has 1 aromatic rings. The van der Waals surface area contributed by atoms with Gasteiger partial charge in [-0.15, -0.1) is 0 Å². The Labute approximate surface area is 94.0 Å². The summed E-state index contributed by atoms with van der Waals surface area (Å²) in [6.07, 6.45) is 2.56. The van der Waals surface area contributed by atoms with Crippen LogP contribution in [0.1, 0.15) is 37.9 Å². The molecule has 0 saturated carbocycles. The second kappa shape index (κ2) is 6.95. The van der Waals surface area contributed by atoms with Crippen molar-refractivity contribution in [2.45, 2.75) is 39.2 Å². The number of carbonyl (C=O) groups is 1. The van der Waals surface area contributed by atoms with Gasteiger partial charge in [-0.25, -0.2) is 0 Å². The van der Waals surface area contributed by atoms with Crippen LogP contribution in [0.5, 0.6) is 0 Å². The Morgan fingerprint density at radius 3 is 3.06 bits per heavy atom. The van der Waals surface area contributed by atoms with E-state index in [0.717, 1.165) is 12.8 Å². The summed E-state index contributed by atoms with van der Waals surface area (Å²) in [4.78, 5) is 14.4. The summed E-state index contributed by atoms with van der Waals surface area (Å²) in [5.41, 5.74) is 0. The molecule has 0 unspecified atom stereocenters. The van der Waals surface area contributed by atoms with Crippen LogP contribution in [-0.2, 0) is 17.8 Å². The number of nitrogens with one attached hydrogen (secondary N) is 1. The number of hydrogen-bond donors (Lipinski definition) is 2. The van der Waals surface area contributed by atoms with E-state index in [9.17, 15) is 4.79 Å². The predicted molar refractivity (Wildman–Crippen MR) is 56.9 cm³/mol. The monoisotopic (exact) mass is 227 g/mol. The van der Waals surface area contributed by atoms with Gasteiger partial charge in [0, 0.05) is 12.8 Å². The van der Waals surface area contributed by atoms with Gasteiger partial charge in [-0.05, 0) is 19.4 Å². The molecular weight excluding hydrogens is 210 g/mol. The average molecular weight is 227 g/mol. The van der Waals surface area contributed by atoms with Gasteiger partial charge in [0.1, 0.15) is 0 Å². The van der Waals surface area contributed by atoms with Crippen molar-refractivity contribution in [3.63, 3.8) is 0 Å². The molecule has 0 aromatic carbocycles. The summed E-state index contributed by atoms with van der Waals surface area (Å²) in [7, 11) is 0. The number of carboxylic acids is 1. The highest BCUT2D eigenvalue weighted by molar-refractivity contribution is 5.66. The van der Waals surface area contributed by atoms with E-state index in [1.54, 1.807) is 0 Å². The van der Waals surface area contributed by atoms with Crippen molar-refractivity contribution >= 4 is 5.97 Å². The van der Waals surface area contributed by atoms with Gasteiger partial charge in [0.05, 0.1) is 6.54 Å². The maximum Gasteiger partial charge on any atom is 0.303 e. The largest absolute Gasteiger partial charge is 0.481 e. The van der Waals surface area contributed by atoms with Crippen molar-refractivity contribution in [2.24, 2.45) is 0 Å². The minimum atomic E-state index is -0.772. The van der Waals surface area contributed by atoms with E-state index in [1.807, 2.05) is 6.92 Å². The molecule has 0 atom stereocenters. The van der Waals surface area contributed by atoms with Gasteiger partial charge in [-0.3, -0.25) is 4.79 Å². The first-order valence-corrected chi connectivity index (χ1v) is 5.46. The fraction of sp³-hybridized carbons (Fsp3) is 0.700. The summed E-state index contributed by atoms with van der Waals surface area (Å²) in [6, 6.07) is 0. The molecule has 6 nitrogen and oxygen atoms in total. The molecule has 0 aliphatic carbocycles. The number of aromatic nitrogens is 2. The molecule has 1 heterocycles. The standard InChI is InChI=1S/C10H17N3O3/c1-2-4-9-12-8(13-16-9)7-11-6-3-5-10(14)15/h11H,2-7H2,1H3,(H,14,15). The number of nitrogens with zero attached hydrogens (tertiary/aromatic N) is 2. The minimum Gasteiger partial charge on any atom is -0.481 e. The quantitative estimate of drug-likeness (QED) is 0.643. The van der Waals surface area contributed by atoms with E-state index in [1.165, 1.54) is 0 Å². The SMILES string of the molecule is CCCc1nc(CNCCCC(=O)O)no1. The fourth-order valence-corrected chi connectivity index (χ4v) is 1.24. The van der Waals surface area contributed by atoms with Crippen LogP contribution < -0.4 is 5.32 Å². The first-order valence-electron chi connectivity index (χ1n) is 5.46. The van der Waals surface area contributed by atoms with Crippen molar-refractivity contribution in [3.8, 4) is 0 Å². The van der Waals surface area contributed by atoms with Crippen molar-refractivity contribution in [3.05, 3.63) is 11.7 Å². The molecular formula is C10H17N3O3. The Morgan fingerprint density at radius 2 is 2.38 bits per heavy atom. The third-order valence-electron chi connectivity index (χ3n) is 2.00. The molecule has 1 aromatic heterocycles. The smallest absolute Gasteiger partial charge is 0.303 e. The number of hydrogen-bond acceptors (Lipinski definition) is 5. The zero-order valence-corrected chi connectivity index (χ0v) is 9.40. The molecule has 0 bridgehead atoms. The maximum absolute atomic E-state index is 10.2. The Bertz CT molecular complexity index is 325. The van der Waals surface area contributed by atoms with Crippen LogP contribution in [0.4, 0.5) is 0 Å². The first kappa shape index (κ1) is 12.6. The van der Waals surface area contributed by atoms with Crippen LogP contribution in [0.15, 0.2) is 4.52 Å². The summed E-state index contributed by atoms with van der Waals surface area (Å²) in [6.45, 7) is 3.21.